The third-order valence-electron chi connectivity index (χ3n) is 9.91. The number of amides is 3. The van der Waals surface area contributed by atoms with Crippen molar-refractivity contribution in [2.24, 2.45) is 0 Å². The van der Waals surface area contributed by atoms with Crippen LogP contribution in [-0.4, -0.2) is 69.9 Å². The quantitative estimate of drug-likeness (QED) is 0.128. The van der Waals surface area contributed by atoms with E-state index in [4.69, 9.17) is 11.6 Å². The summed E-state index contributed by atoms with van der Waals surface area (Å²) in [4.78, 5) is 45.4. The number of hydrogen-bond donors (Lipinski definition) is 1. The molecule has 3 heterocycles. The number of fused-ring (bicyclic) bond motifs is 2. The Kier molecular flexibility index (Phi) is 12.0. The smallest absolute Gasteiger partial charge is 0.275 e. The van der Waals surface area contributed by atoms with Crippen LogP contribution >= 0.6 is 27.5 Å². The topological polar surface area (TPSA) is 127 Å². The van der Waals surface area contributed by atoms with Gasteiger partial charge in [0.05, 0.1) is 26.9 Å². The highest BCUT2D eigenvalue weighted by atomic mass is 79.9. The van der Waals surface area contributed by atoms with Gasteiger partial charge in [0.2, 0.25) is 0 Å². The summed E-state index contributed by atoms with van der Waals surface area (Å²) >= 11 is 10.3. The van der Waals surface area contributed by atoms with Crippen molar-refractivity contribution in [1.29, 1.82) is 0 Å². The van der Waals surface area contributed by atoms with Crippen molar-refractivity contribution in [3.63, 3.8) is 0 Å². The molecule has 0 bridgehead atoms. The molecule has 11 nitrogen and oxygen atoms in total. The highest BCUT2D eigenvalue weighted by Gasteiger charge is 2.30. The highest BCUT2D eigenvalue weighted by Crippen LogP contribution is 2.31. The number of hydrogen-bond acceptors (Lipinski definition) is 6. The lowest BCUT2D eigenvalue weighted by Gasteiger charge is -2.29. The van der Waals surface area contributed by atoms with E-state index in [1.807, 2.05) is 42.0 Å². The van der Waals surface area contributed by atoms with E-state index in [-0.39, 0.29) is 38.6 Å². The van der Waals surface area contributed by atoms with E-state index < -0.39 is 15.9 Å². The van der Waals surface area contributed by atoms with Gasteiger partial charge in [0.1, 0.15) is 0 Å². The number of nitrogens with one attached hydrogen (secondary N) is 1. The van der Waals surface area contributed by atoms with Gasteiger partial charge in [0.25, 0.3) is 27.7 Å². The van der Waals surface area contributed by atoms with Gasteiger partial charge >= 0.3 is 0 Å². The average molecular weight is 836 g/mol. The van der Waals surface area contributed by atoms with Crippen LogP contribution in [0.1, 0.15) is 94.5 Å². The molecule has 0 unspecified atom stereocenters. The molecule has 5 aromatic rings. The molecule has 2 aromatic heterocycles. The zero-order chi connectivity index (χ0) is 38.7. The van der Waals surface area contributed by atoms with Crippen molar-refractivity contribution in [2.75, 3.05) is 19.6 Å². The van der Waals surface area contributed by atoms with E-state index in [1.54, 1.807) is 28.9 Å². The van der Waals surface area contributed by atoms with Gasteiger partial charge in [-0.1, -0.05) is 62.6 Å². The summed E-state index contributed by atoms with van der Waals surface area (Å²) < 4.78 is 33.5. The SMILES string of the molecule is CCCCN(CCCC)C(=O)c1nn(-c2ccc(C(=O)NS(=O)(=O)c3ccc4c(c3)c(Br)cn4CC)cc2C(=O)N2CCc3ccccc3C2)c(C)c1Cl. The first-order chi connectivity index (χ1) is 25.9. The summed E-state index contributed by atoms with van der Waals surface area (Å²) in [5, 5.41) is 5.54. The number of carbonyl (C=O) groups excluding carboxylic acids is 3. The van der Waals surface area contributed by atoms with E-state index in [2.05, 4.69) is 39.6 Å². The van der Waals surface area contributed by atoms with Gasteiger partial charge in [0.15, 0.2) is 5.69 Å². The van der Waals surface area contributed by atoms with Crippen LogP contribution in [0.5, 0.6) is 0 Å². The zero-order valence-electron chi connectivity index (χ0n) is 30.9. The van der Waals surface area contributed by atoms with Gasteiger partial charge in [-0.3, -0.25) is 14.4 Å². The number of halogens is 2. The molecule has 0 fully saturated rings. The Morgan fingerprint density at radius 3 is 2.35 bits per heavy atom. The van der Waals surface area contributed by atoms with Crippen LogP contribution in [0.25, 0.3) is 16.6 Å². The molecule has 0 spiro atoms. The van der Waals surface area contributed by atoms with Gasteiger partial charge < -0.3 is 14.4 Å². The fourth-order valence-corrected chi connectivity index (χ4v) is 8.55. The van der Waals surface area contributed by atoms with Crippen LogP contribution in [-0.2, 0) is 29.5 Å². The number of nitrogens with zero attached hydrogens (tertiary/aromatic N) is 5. The minimum atomic E-state index is -4.31. The first kappa shape index (κ1) is 39.2. The van der Waals surface area contributed by atoms with E-state index >= 15 is 0 Å². The summed E-state index contributed by atoms with van der Waals surface area (Å²) in [6.07, 6.45) is 6.04. The monoisotopic (exact) mass is 834 g/mol. The van der Waals surface area contributed by atoms with Crippen LogP contribution < -0.4 is 4.72 Å². The van der Waals surface area contributed by atoms with Gasteiger partial charge in [-0.2, -0.15) is 5.10 Å². The number of aryl methyl sites for hydroxylation is 1. The minimum Gasteiger partial charge on any atom is -0.347 e. The van der Waals surface area contributed by atoms with E-state index in [0.717, 1.165) is 46.8 Å². The fraction of sp³-hybridized carbons (Fsp3) is 0.350. The van der Waals surface area contributed by atoms with Crippen LogP contribution in [0.15, 0.2) is 76.2 Å². The minimum absolute atomic E-state index is 0.0417. The number of aromatic nitrogens is 3. The Balaban J connectivity index is 1.38. The summed E-state index contributed by atoms with van der Waals surface area (Å²) in [5.41, 5.74) is 3.93. The molecule has 3 amide bonds. The third-order valence-corrected chi connectivity index (χ3v) is 12.3. The number of carbonyl (C=O) groups is 3. The van der Waals surface area contributed by atoms with Gasteiger partial charge in [0, 0.05) is 59.9 Å². The predicted molar refractivity (Wildman–Crippen MR) is 214 cm³/mol. The average Bonchev–Trinajstić information content (AvgIpc) is 3.67. The first-order valence-electron chi connectivity index (χ1n) is 18.3. The second kappa shape index (κ2) is 16.5. The van der Waals surface area contributed by atoms with Crippen LogP contribution in [0.2, 0.25) is 5.02 Å². The molecule has 0 aliphatic carbocycles. The molecule has 284 valence electrons. The molecule has 0 radical (unpaired) electrons. The Morgan fingerprint density at radius 2 is 1.67 bits per heavy atom. The van der Waals surface area contributed by atoms with Crippen molar-refractivity contribution in [1.82, 2.24) is 28.9 Å². The molecule has 3 aromatic carbocycles. The Morgan fingerprint density at radius 1 is 0.963 bits per heavy atom. The van der Waals surface area contributed by atoms with Crippen molar-refractivity contribution in [3.8, 4) is 5.69 Å². The Labute approximate surface area is 329 Å². The molecule has 0 saturated heterocycles. The largest absolute Gasteiger partial charge is 0.347 e. The highest BCUT2D eigenvalue weighted by molar-refractivity contribution is 9.10. The lowest BCUT2D eigenvalue weighted by molar-refractivity contribution is 0.0732. The lowest BCUT2D eigenvalue weighted by Crippen LogP contribution is -2.37. The van der Waals surface area contributed by atoms with Crippen molar-refractivity contribution >= 4 is 66.2 Å². The Hall–Kier alpha value is -4.46. The second-order valence-electron chi connectivity index (χ2n) is 13.5. The maximum Gasteiger partial charge on any atom is 0.275 e. The maximum atomic E-state index is 14.5. The number of unbranched alkanes of at least 4 members (excludes halogenated alkanes) is 2. The van der Waals surface area contributed by atoms with Crippen LogP contribution in [0.3, 0.4) is 0 Å². The first-order valence-corrected chi connectivity index (χ1v) is 20.9. The molecule has 1 aliphatic heterocycles. The molecule has 1 N–H and O–H groups in total. The van der Waals surface area contributed by atoms with Crippen LogP contribution in [0, 0.1) is 6.92 Å². The van der Waals surface area contributed by atoms with Crippen molar-refractivity contribution in [2.45, 2.75) is 77.8 Å². The van der Waals surface area contributed by atoms with E-state index in [1.165, 1.54) is 28.9 Å². The van der Waals surface area contributed by atoms with E-state index in [0.29, 0.717) is 55.9 Å². The van der Waals surface area contributed by atoms with Gasteiger partial charge in [-0.15, -0.1) is 0 Å². The zero-order valence-corrected chi connectivity index (χ0v) is 34.0. The normalized spacial score (nSPS) is 12.9. The summed E-state index contributed by atoms with van der Waals surface area (Å²) in [6, 6.07) is 17.0. The molecular formula is C40H44BrClN6O5S. The molecule has 14 heteroatoms. The van der Waals surface area contributed by atoms with Crippen molar-refractivity contribution < 1.29 is 22.8 Å². The fourth-order valence-electron chi connectivity index (χ4n) is 6.79. The van der Waals surface area contributed by atoms with Crippen molar-refractivity contribution in [3.05, 3.63) is 110 Å². The standard InChI is InChI=1S/C40H44BrClN6O5S/c1-5-8-19-46(20-9-6-2)40(51)37-36(42)26(4)48(43-37)35-16-14-28(22-32(35)39(50)47-21-18-27-12-10-11-13-29(27)24-47)38(49)44-54(52,53)30-15-17-34-31(23-30)33(41)25-45(34)7-3/h10-17,22-23,25H,5-9,18-21,24H2,1-4H3,(H,44,49). The molecule has 1 aliphatic rings. The summed E-state index contributed by atoms with van der Waals surface area (Å²) in [6.45, 7) is 10.5. The Bertz CT molecular complexity index is 2350. The summed E-state index contributed by atoms with van der Waals surface area (Å²) in [5.74, 6) is -1.57. The van der Waals surface area contributed by atoms with Gasteiger partial charge in [-0.25, -0.2) is 17.8 Å². The predicted octanol–water partition coefficient (Wildman–Crippen LogP) is 7.93. The van der Waals surface area contributed by atoms with E-state index in [9.17, 15) is 22.8 Å². The number of benzene rings is 3. The molecular weight excluding hydrogens is 792 g/mol. The third kappa shape index (κ3) is 7.85. The molecule has 54 heavy (non-hydrogen) atoms. The number of rotatable bonds is 13. The molecule has 0 saturated carbocycles. The maximum absolute atomic E-state index is 14.5. The lowest BCUT2D eigenvalue weighted by atomic mass is 9.98. The molecule has 6 rings (SSSR count). The van der Waals surface area contributed by atoms with Crippen LogP contribution in [0.4, 0.5) is 0 Å². The summed E-state index contributed by atoms with van der Waals surface area (Å²) in [7, 11) is -4.31. The second-order valence-corrected chi connectivity index (χ2v) is 16.4. The number of sulfonamides is 1. The molecule has 0 atom stereocenters. The van der Waals surface area contributed by atoms with Gasteiger partial charge in [-0.05, 0) is 96.6 Å².